The highest BCUT2D eigenvalue weighted by Gasteiger charge is 2.31. The van der Waals surface area contributed by atoms with Crippen LogP contribution in [0.1, 0.15) is 12.8 Å². The monoisotopic (exact) mass is 311 g/mol. The van der Waals surface area contributed by atoms with E-state index in [2.05, 4.69) is 10.6 Å². The third-order valence-electron chi connectivity index (χ3n) is 3.22. The van der Waals surface area contributed by atoms with Crippen LogP contribution in [-0.4, -0.2) is 42.8 Å². The Hall–Kier alpha value is -1.79. The first kappa shape index (κ1) is 15.6. The Labute approximate surface area is 128 Å². The second-order valence-electron chi connectivity index (χ2n) is 4.86. The summed E-state index contributed by atoms with van der Waals surface area (Å²) in [6, 6.07) is 6.48. The molecule has 0 saturated carbocycles. The van der Waals surface area contributed by atoms with Gasteiger partial charge >= 0.3 is 6.03 Å². The number of hydrogen-bond acceptors (Lipinski definition) is 3. The number of anilines is 1. The van der Waals surface area contributed by atoms with Gasteiger partial charge in [0.1, 0.15) is 0 Å². The first-order valence-electron chi connectivity index (χ1n) is 6.81. The zero-order valence-corrected chi connectivity index (χ0v) is 12.3. The average Bonchev–Trinajstić information content (AvgIpc) is 2.80. The van der Waals surface area contributed by atoms with E-state index in [1.807, 2.05) is 0 Å². The third-order valence-corrected chi connectivity index (χ3v) is 3.47. The van der Waals surface area contributed by atoms with Crippen molar-refractivity contribution in [2.24, 2.45) is 0 Å². The lowest BCUT2D eigenvalue weighted by atomic mass is 10.2. The zero-order chi connectivity index (χ0) is 15.2. The Morgan fingerprint density at radius 1 is 1.38 bits per heavy atom. The first-order valence-corrected chi connectivity index (χ1v) is 7.19. The molecule has 1 aliphatic heterocycles. The molecule has 0 bridgehead atoms. The van der Waals surface area contributed by atoms with Crippen molar-refractivity contribution in [1.29, 1.82) is 0 Å². The summed E-state index contributed by atoms with van der Waals surface area (Å²) in [6.07, 6.45) is 0.782. The maximum absolute atomic E-state index is 12.0. The van der Waals surface area contributed by atoms with Crippen molar-refractivity contribution < 1.29 is 14.7 Å². The van der Waals surface area contributed by atoms with Gasteiger partial charge in [0.05, 0.1) is 6.04 Å². The maximum Gasteiger partial charge on any atom is 0.315 e. The predicted molar refractivity (Wildman–Crippen MR) is 80.4 cm³/mol. The van der Waals surface area contributed by atoms with E-state index >= 15 is 0 Å². The SMILES string of the molecule is O=C(NCCCO)N[C@@H]1CC(=O)N(c2ccc(Cl)cc2)C1. The molecular weight excluding hydrogens is 294 g/mol. The van der Waals surface area contributed by atoms with Crippen LogP contribution < -0.4 is 15.5 Å². The van der Waals surface area contributed by atoms with E-state index in [1.54, 1.807) is 29.2 Å². The van der Waals surface area contributed by atoms with Gasteiger partial charge in [0.25, 0.3) is 0 Å². The Morgan fingerprint density at radius 2 is 2.10 bits per heavy atom. The van der Waals surface area contributed by atoms with Gasteiger partial charge in [0, 0.05) is 36.8 Å². The van der Waals surface area contributed by atoms with Gasteiger partial charge in [-0.05, 0) is 30.7 Å². The number of halogens is 1. The number of aliphatic hydroxyl groups excluding tert-OH is 1. The van der Waals surface area contributed by atoms with Crippen LogP contribution in [0.25, 0.3) is 0 Å². The molecule has 0 aromatic heterocycles. The summed E-state index contributed by atoms with van der Waals surface area (Å²) in [5.74, 6) is -0.0296. The van der Waals surface area contributed by atoms with Crippen LogP contribution in [-0.2, 0) is 4.79 Å². The molecule has 1 aromatic carbocycles. The summed E-state index contributed by atoms with van der Waals surface area (Å²) in [5.41, 5.74) is 0.773. The van der Waals surface area contributed by atoms with Crippen molar-refractivity contribution in [3.05, 3.63) is 29.3 Å². The third kappa shape index (κ3) is 4.34. The number of amides is 3. The van der Waals surface area contributed by atoms with Gasteiger partial charge in [-0.2, -0.15) is 0 Å². The second-order valence-corrected chi connectivity index (χ2v) is 5.30. The van der Waals surface area contributed by atoms with E-state index in [4.69, 9.17) is 16.7 Å². The van der Waals surface area contributed by atoms with Crippen molar-refractivity contribution in [3.63, 3.8) is 0 Å². The first-order chi connectivity index (χ1) is 10.1. The molecule has 0 unspecified atom stereocenters. The molecule has 1 heterocycles. The van der Waals surface area contributed by atoms with Crippen molar-refractivity contribution in [2.75, 3.05) is 24.6 Å². The Bertz CT molecular complexity index is 507. The molecule has 6 nitrogen and oxygen atoms in total. The molecule has 3 N–H and O–H groups in total. The van der Waals surface area contributed by atoms with E-state index in [0.717, 1.165) is 5.69 Å². The van der Waals surface area contributed by atoms with Crippen molar-refractivity contribution in [2.45, 2.75) is 18.9 Å². The molecule has 7 heteroatoms. The lowest BCUT2D eigenvalue weighted by Gasteiger charge is -2.17. The molecule has 1 saturated heterocycles. The number of urea groups is 1. The van der Waals surface area contributed by atoms with Crippen LogP contribution in [0.15, 0.2) is 24.3 Å². The molecule has 2 rings (SSSR count). The zero-order valence-electron chi connectivity index (χ0n) is 11.5. The lowest BCUT2D eigenvalue weighted by molar-refractivity contribution is -0.117. The number of benzene rings is 1. The molecule has 1 fully saturated rings. The Kier molecular flexibility index (Phi) is 5.41. The van der Waals surface area contributed by atoms with E-state index in [0.29, 0.717) is 24.5 Å². The number of nitrogens with one attached hydrogen (secondary N) is 2. The molecule has 1 aromatic rings. The van der Waals surface area contributed by atoms with Gasteiger partial charge < -0.3 is 20.6 Å². The maximum atomic E-state index is 12.0. The summed E-state index contributed by atoms with van der Waals surface area (Å²) in [4.78, 5) is 25.3. The fraction of sp³-hybridized carbons (Fsp3) is 0.429. The van der Waals surface area contributed by atoms with Gasteiger partial charge in [0.2, 0.25) is 5.91 Å². The van der Waals surface area contributed by atoms with Crippen LogP contribution >= 0.6 is 11.6 Å². The number of aliphatic hydroxyl groups is 1. The van der Waals surface area contributed by atoms with Crippen molar-refractivity contribution >= 4 is 29.2 Å². The topological polar surface area (TPSA) is 81.7 Å². The second kappa shape index (κ2) is 7.28. The minimum absolute atomic E-state index is 0.0296. The fourth-order valence-electron chi connectivity index (χ4n) is 2.19. The number of nitrogens with zero attached hydrogens (tertiary/aromatic N) is 1. The van der Waals surface area contributed by atoms with Crippen molar-refractivity contribution in [3.8, 4) is 0 Å². The minimum atomic E-state index is -0.320. The average molecular weight is 312 g/mol. The van der Waals surface area contributed by atoms with Crippen LogP contribution in [0.3, 0.4) is 0 Å². The lowest BCUT2D eigenvalue weighted by Crippen LogP contribution is -2.43. The van der Waals surface area contributed by atoms with E-state index in [9.17, 15) is 9.59 Å². The fourth-order valence-corrected chi connectivity index (χ4v) is 2.32. The largest absolute Gasteiger partial charge is 0.396 e. The highest BCUT2D eigenvalue weighted by Crippen LogP contribution is 2.23. The number of hydrogen-bond donors (Lipinski definition) is 3. The molecular formula is C14H18ClN3O3. The highest BCUT2D eigenvalue weighted by atomic mass is 35.5. The number of rotatable bonds is 5. The number of carbonyl (C=O) groups excluding carboxylic acids is 2. The Morgan fingerprint density at radius 3 is 2.76 bits per heavy atom. The minimum Gasteiger partial charge on any atom is -0.396 e. The molecule has 3 amide bonds. The normalized spacial score (nSPS) is 17.9. The molecule has 0 aliphatic carbocycles. The highest BCUT2D eigenvalue weighted by molar-refractivity contribution is 6.30. The van der Waals surface area contributed by atoms with Gasteiger partial charge in [0.15, 0.2) is 0 Å². The molecule has 114 valence electrons. The summed E-state index contributed by atoms with van der Waals surface area (Å²) in [6.45, 7) is 0.879. The molecule has 1 aliphatic rings. The van der Waals surface area contributed by atoms with Crippen molar-refractivity contribution in [1.82, 2.24) is 10.6 Å². The van der Waals surface area contributed by atoms with Crippen LogP contribution in [0, 0.1) is 0 Å². The molecule has 21 heavy (non-hydrogen) atoms. The van der Waals surface area contributed by atoms with E-state index in [-0.39, 0.29) is 31.0 Å². The van der Waals surface area contributed by atoms with E-state index in [1.165, 1.54) is 0 Å². The standard InChI is InChI=1S/C14H18ClN3O3/c15-10-2-4-12(5-3-10)18-9-11(8-13(18)20)17-14(21)16-6-1-7-19/h2-5,11,19H,1,6-9H2,(H2,16,17,21)/t11-/m1/s1. The summed E-state index contributed by atoms with van der Waals surface area (Å²) in [5, 5.41) is 14.6. The number of carbonyl (C=O) groups is 2. The van der Waals surface area contributed by atoms with Crippen LogP contribution in [0.5, 0.6) is 0 Å². The van der Waals surface area contributed by atoms with Gasteiger partial charge in [-0.3, -0.25) is 4.79 Å². The summed E-state index contributed by atoms with van der Waals surface area (Å²) >= 11 is 5.83. The quantitative estimate of drug-likeness (QED) is 0.713. The van der Waals surface area contributed by atoms with Crippen LogP contribution in [0.4, 0.5) is 10.5 Å². The van der Waals surface area contributed by atoms with Crippen LogP contribution in [0.2, 0.25) is 5.02 Å². The smallest absolute Gasteiger partial charge is 0.315 e. The predicted octanol–water partition coefficient (Wildman–Crippen LogP) is 1.13. The Balaban J connectivity index is 1.87. The van der Waals surface area contributed by atoms with Gasteiger partial charge in [-0.15, -0.1) is 0 Å². The molecule has 1 atom stereocenters. The van der Waals surface area contributed by atoms with E-state index < -0.39 is 0 Å². The molecule has 0 spiro atoms. The van der Waals surface area contributed by atoms with Gasteiger partial charge in [-0.1, -0.05) is 11.6 Å². The molecule has 0 radical (unpaired) electrons. The summed E-state index contributed by atoms with van der Waals surface area (Å²) in [7, 11) is 0. The summed E-state index contributed by atoms with van der Waals surface area (Å²) < 4.78 is 0. The van der Waals surface area contributed by atoms with Gasteiger partial charge in [-0.25, -0.2) is 4.79 Å².